The van der Waals surface area contributed by atoms with Crippen LogP contribution in [0, 0.1) is 6.92 Å². The molecule has 1 heterocycles. The van der Waals surface area contributed by atoms with Crippen LogP contribution in [0.15, 0.2) is 29.1 Å². The Balaban J connectivity index is 2.39. The first-order chi connectivity index (χ1) is 9.26. The number of methoxy groups -OCH3 is 1. The molecule has 0 bridgehead atoms. The lowest BCUT2D eigenvalue weighted by Gasteiger charge is -2.20. The molecule has 0 aliphatic heterocycles. The Kier molecular flexibility index (Phi) is 4.93. The zero-order valence-corrected chi connectivity index (χ0v) is 12.5. The van der Waals surface area contributed by atoms with E-state index < -0.39 is 0 Å². The predicted octanol–water partition coefficient (Wildman–Crippen LogP) is 3.55. The molecule has 0 saturated heterocycles. The lowest BCUT2D eigenvalue weighted by Crippen LogP contribution is -2.24. The molecule has 1 aromatic carbocycles. The maximum Gasteiger partial charge on any atom is 0.124 e. The van der Waals surface area contributed by atoms with Crippen molar-refractivity contribution in [1.82, 2.24) is 10.3 Å². The molecule has 4 heteroatoms. The number of aromatic nitrogens is 1. The van der Waals surface area contributed by atoms with E-state index in [1.807, 2.05) is 11.6 Å². The Bertz CT molecular complexity index is 511. The molecule has 0 spiro atoms. The Morgan fingerprint density at radius 2 is 2.26 bits per heavy atom. The molecule has 1 aromatic heterocycles. The zero-order chi connectivity index (χ0) is 13.7. The van der Waals surface area contributed by atoms with Crippen molar-refractivity contribution in [2.75, 3.05) is 13.7 Å². The molecule has 1 unspecified atom stereocenters. The quantitative estimate of drug-likeness (QED) is 0.876. The second-order valence-corrected chi connectivity index (χ2v) is 5.26. The molecule has 3 nitrogen and oxygen atoms in total. The summed E-state index contributed by atoms with van der Waals surface area (Å²) >= 11 is 1.62. The number of ether oxygens (including phenoxy) is 1. The number of nitrogens with one attached hydrogen (secondary N) is 1. The first-order valence-electron chi connectivity index (χ1n) is 6.52. The minimum Gasteiger partial charge on any atom is -0.496 e. The second-order valence-electron chi connectivity index (χ2n) is 4.55. The summed E-state index contributed by atoms with van der Waals surface area (Å²) in [5.74, 6) is 0.909. The minimum atomic E-state index is 0.0982. The summed E-state index contributed by atoms with van der Waals surface area (Å²) in [5, 5.41) is 5.65. The van der Waals surface area contributed by atoms with Crippen LogP contribution in [0.4, 0.5) is 0 Å². The number of hydrogen-bond acceptors (Lipinski definition) is 4. The van der Waals surface area contributed by atoms with Crippen LogP contribution < -0.4 is 10.1 Å². The van der Waals surface area contributed by atoms with Gasteiger partial charge in [-0.3, -0.25) is 0 Å². The van der Waals surface area contributed by atoms with Gasteiger partial charge in [0.15, 0.2) is 0 Å². The zero-order valence-electron chi connectivity index (χ0n) is 11.6. The second kappa shape index (κ2) is 6.68. The van der Waals surface area contributed by atoms with Crippen LogP contribution in [0.2, 0.25) is 0 Å². The lowest BCUT2D eigenvalue weighted by molar-refractivity contribution is 0.403. The lowest BCUT2D eigenvalue weighted by atomic mass is 10.0. The van der Waals surface area contributed by atoms with Gasteiger partial charge < -0.3 is 10.1 Å². The average Bonchev–Trinajstić information content (AvgIpc) is 2.93. The van der Waals surface area contributed by atoms with E-state index in [4.69, 9.17) is 4.74 Å². The van der Waals surface area contributed by atoms with Crippen molar-refractivity contribution in [1.29, 1.82) is 0 Å². The van der Waals surface area contributed by atoms with Gasteiger partial charge in [0, 0.05) is 10.9 Å². The third kappa shape index (κ3) is 3.33. The summed E-state index contributed by atoms with van der Waals surface area (Å²) < 4.78 is 5.49. The third-order valence-electron chi connectivity index (χ3n) is 3.04. The van der Waals surface area contributed by atoms with Gasteiger partial charge in [0.2, 0.25) is 0 Å². The molecule has 0 amide bonds. The SMILES string of the molecule is CCCNC(c1cscn1)c1cc(C)ccc1OC. The van der Waals surface area contributed by atoms with Crippen molar-refractivity contribution in [3.8, 4) is 5.75 Å². The molecule has 2 aromatic rings. The number of benzene rings is 1. The van der Waals surface area contributed by atoms with Crippen LogP contribution in [0.3, 0.4) is 0 Å². The first kappa shape index (κ1) is 14.0. The number of aryl methyl sites for hydroxylation is 1. The monoisotopic (exact) mass is 276 g/mol. The van der Waals surface area contributed by atoms with Gasteiger partial charge in [-0.1, -0.05) is 24.6 Å². The van der Waals surface area contributed by atoms with E-state index in [0.717, 1.165) is 30.0 Å². The normalized spacial score (nSPS) is 12.4. The average molecular weight is 276 g/mol. The molecule has 102 valence electrons. The van der Waals surface area contributed by atoms with E-state index >= 15 is 0 Å². The molecule has 0 saturated carbocycles. The van der Waals surface area contributed by atoms with E-state index in [0.29, 0.717) is 0 Å². The molecular formula is C15H20N2OS. The highest BCUT2D eigenvalue weighted by molar-refractivity contribution is 7.07. The van der Waals surface area contributed by atoms with Gasteiger partial charge in [-0.2, -0.15) is 0 Å². The standard InChI is InChI=1S/C15H20N2OS/c1-4-7-16-15(13-9-19-10-17-13)12-8-11(2)5-6-14(12)18-3/h5-6,8-10,15-16H,4,7H2,1-3H3. The number of hydrogen-bond donors (Lipinski definition) is 1. The van der Waals surface area contributed by atoms with Crippen LogP contribution in [-0.2, 0) is 0 Å². The summed E-state index contributed by atoms with van der Waals surface area (Å²) in [6, 6.07) is 6.37. The molecule has 0 aliphatic rings. The van der Waals surface area contributed by atoms with Crippen LogP contribution in [-0.4, -0.2) is 18.6 Å². The first-order valence-corrected chi connectivity index (χ1v) is 7.46. The van der Waals surface area contributed by atoms with E-state index in [-0.39, 0.29) is 6.04 Å². The summed E-state index contributed by atoms with van der Waals surface area (Å²) in [6.45, 7) is 5.22. The van der Waals surface area contributed by atoms with Crippen molar-refractivity contribution in [2.45, 2.75) is 26.3 Å². The Morgan fingerprint density at radius 3 is 2.89 bits per heavy atom. The third-order valence-corrected chi connectivity index (χ3v) is 3.65. The van der Waals surface area contributed by atoms with E-state index in [1.54, 1.807) is 18.4 Å². The largest absolute Gasteiger partial charge is 0.496 e. The molecule has 1 N–H and O–H groups in total. The molecule has 1 atom stereocenters. The van der Waals surface area contributed by atoms with Crippen LogP contribution in [0.25, 0.3) is 0 Å². The summed E-state index contributed by atoms with van der Waals surface area (Å²) in [4.78, 5) is 4.45. The van der Waals surface area contributed by atoms with Gasteiger partial charge in [0.05, 0.1) is 24.4 Å². The van der Waals surface area contributed by atoms with Gasteiger partial charge in [-0.25, -0.2) is 4.98 Å². The molecule has 0 fully saturated rings. The van der Waals surface area contributed by atoms with Crippen LogP contribution >= 0.6 is 11.3 Å². The van der Waals surface area contributed by atoms with Crippen LogP contribution in [0.5, 0.6) is 5.75 Å². The fourth-order valence-corrected chi connectivity index (χ4v) is 2.69. The van der Waals surface area contributed by atoms with Gasteiger partial charge in [-0.05, 0) is 26.0 Å². The van der Waals surface area contributed by atoms with Gasteiger partial charge in [0.1, 0.15) is 5.75 Å². The van der Waals surface area contributed by atoms with Gasteiger partial charge in [-0.15, -0.1) is 11.3 Å². The maximum absolute atomic E-state index is 5.49. The fraction of sp³-hybridized carbons (Fsp3) is 0.400. The van der Waals surface area contributed by atoms with Gasteiger partial charge >= 0.3 is 0 Å². The van der Waals surface area contributed by atoms with Crippen molar-refractivity contribution < 1.29 is 4.74 Å². The predicted molar refractivity (Wildman–Crippen MR) is 80.0 cm³/mol. The maximum atomic E-state index is 5.49. The Morgan fingerprint density at radius 1 is 1.42 bits per heavy atom. The topological polar surface area (TPSA) is 34.2 Å². The molecule has 2 rings (SSSR count). The molecule has 19 heavy (non-hydrogen) atoms. The Hall–Kier alpha value is -1.39. The van der Waals surface area contributed by atoms with Crippen molar-refractivity contribution in [3.05, 3.63) is 45.9 Å². The Labute approximate surface area is 118 Å². The molecule has 0 radical (unpaired) electrons. The van der Waals surface area contributed by atoms with Gasteiger partial charge in [0.25, 0.3) is 0 Å². The van der Waals surface area contributed by atoms with Crippen LogP contribution in [0.1, 0.15) is 36.2 Å². The minimum absolute atomic E-state index is 0.0982. The van der Waals surface area contributed by atoms with Crippen molar-refractivity contribution in [2.24, 2.45) is 0 Å². The molecule has 0 aliphatic carbocycles. The summed E-state index contributed by atoms with van der Waals surface area (Å²) in [7, 11) is 1.71. The number of thiazole rings is 1. The number of nitrogens with zero attached hydrogens (tertiary/aromatic N) is 1. The van der Waals surface area contributed by atoms with Crippen molar-refractivity contribution in [3.63, 3.8) is 0 Å². The van der Waals surface area contributed by atoms with Crippen molar-refractivity contribution >= 4 is 11.3 Å². The van der Waals surface area contributed by atoms with E-state index in [1.165, 1.54) is 5.56 Å². The summed E-state index contributed by atoms with van der Waals surface area (Å²) in [5.41, 5.74) is 5.32. The summed E-state index contributed by atoms with van der Waals surface area (Å²) in [6.07, 6.45) is 1.09. The number of rotatable bonds is 6. The smallest absolute Gasteiger partial charge is 0.124 e. The highest BCUT2D eigenvalue weighted by atomic mass is 32.1. The van der Waals surface area contributed by atoms with E-state index in [2.05, 4.69) is 41.7 Å². The highest BCUT2D eigenvalue weighted by Crippen LogP contribution is 2.30. The highest BCUT2D eigenvalue weighted by Gasteiger charge is 2.19. The fourth-order valence-electron chi connectivity index (χ4n) is 2.11. The molecular weight excluding hydrogens is 256 g/mol. The van der Waals surface area contributed by atoms with E-state index in [9.17, 15) is 0 Å².